The molecule has 118 valence electrons. The van der Waals surface area contributed by atoms with E-state index in [1.54, 1.807) is 22.5 Å². The van der Waals surface area contributed by atoms with E-state index in [4.69, 9.17) is 0 Å². The molecule has 3 aromatic heterocycles. The van der Waals surface area contributed by atoms with Crippen LogP contribution in [0.25, 0.3) is 10.2 Å². The van der Waals surface area contributed by atoms with Gasteiger partial charge in [-0.1, -0.05) is 0 Å². The zero-order valence-electron chi connectivity index (χ0n) is 12.3. The summed E-state index contributed by atoms with van der Waals surface area (Å²) >= 11 is 1.32. The molecule has 0 aliphatic carbocycles. The van der Waals surface area contributed by atoms with E-state index in [-0.39, 0.29) is 17.5 Å². The van der Waals surface area contributed by atoms with Crippen LogP contribution >= 0.6 is 11.3 Å². The molecule has 2 N–H and O–H groups in total. The summed E-state index contributed by atoms with van der Waals surface area (Å²) in [7, 11) is 0. The van der Waals surface area contributed by atoms with Gasteiger partial charge in [0, 0.05) is 30.9 Å². The highest BCUT2D eigenvalue weighted by Gasteiger charge is 2.30. The minimum absolute atomic E-state index is 0.119. The third-order valence-corrected chi connectivity index (χ3v) is 5.18. The lowest BCUT2D eigenvalue weighted by Gasteiger charge is -2.33. The lowest BCUT2D eigenvalue weighted by atomic mass is 10.2. The number of nitrogens with one attached hydrogen (secondary N) is 1. The van der Waals surface area contributed by atoms with Crippen molar-refractivity contribution in [1.82, 2.24) is 19.4 Å². The van der Waals surface area contributed by atoms with Crippen LogP contribution < -0.4 is 0 Å². The summed E-state index contributed by atoms with van der Waals surface area (Å²) < 4.78 is 2.82. The summed E-state index contributed by atoms with van der Waals surface area (Å²) in [5, 5.41) is 10.8. The molecule has 0 spiro atoms. The smallest absolute Gasteiger partial charge is 0.338 e. The van der Waals surface area contributed by atoms with Crippen molar-refractivity contribution in [2.45, 2.75) is 19.5 Å². The molecular weight excluding hydrogens is 316 g/mol. The first-order chi connectivity index (χ1) is 11.1. The van der Waals surface area contributed by atoms with Gasteiger partial charge in [0.15, 0.2) is 0 Å². The monoisotopic (exact) mass is 330 g/mol. The molecule has 1 aliphatic rings. The van der Waals surface area contributed by atoms with Gasteiger partial charge < -0.3 is 19.6 Å². The van der Waals surface area contributed by atoms with E-state index in [0.717, 1.165) is 10.5 Å². The number of rotatable bonds is 2. The highest BCUT2D eigenvalue weighted by atomic mass is 32.1. The van der Waals surface area contributed by atoms with Crippen LogP contribution in [0, 0.1) is 0 Å². The Labute approximate surface area is 135 Å². The second-order valence-corrected chi connectivity index (χ2v) is 6.44. The summed E-state index contributed by atoms with van der Waals surface area (Å²) in [6.45, 7) is 3.26. The molecule has 0 saturated heterocycles. The standard InChI is InChI=1S/C15H14N4O3S/c1-8-13-16-2-3-18(13)4-5-19(8)14(20)10-6-11-12(17-10)9(7-23-11)15(21)22/h2-3,6-8,17H,4-5H2,1H3,(H,21,22). The number of hydrogen-bond acceptors (Lipinski definition) is 4. The number of carboxylic acids is 1. The van der Waals surface area contributed by atoms with Crippen molar-refractivity contribution in [3.63, 3.8) is 0 Å². The van der Waals surface area contributed by atoms with Crippen molar-refractivity contribution >= 4 is 33.4 Å². The second kappa shape index (κ2) is 4.95. The number of imidazole rings is 1. The molecule has 0 aromatic carbocycles. The summed E-state index contributed by atoms with van der Waals surface area (Å²) in [6.07, 6.45) is 3.65. The van der Waals surface area contributed by atoms with E-state index in [0.29, 0.717) is 24.3 Å². The number of hydrogen-bond donors (Lipinski definition) is 2. The zero-order valence-corrected chi connectivity index (χ0v) is 13.1. The summed E-state index contributed by atoms with van der Waals surface area (Å²) in [4.78, 5) is 33.1. The molecule has 3 aromatic rings. The van der Waals surface area contributed by atoms with Crippen LogP contribution in [-0.2, 0) is 6.54 Å². The van der Waals surface area contributed by atoms with Crippen molar-refractivity contribution in [3.05, 3.63) is 40.9 Å². The minimum atomic E-state index is -0.995. The fourth-order valence-corrected chi connectivity index (χ4v) is 3.97. The maximum absolute atomic E-state index is 12.8. The molecule has 1 atom stereocenters. The van der Waals surface area contributed by atoms with Crippen LogP contribution in [0.2, 0.25) is 0 Å². The van der Waals surface area contributed by atoms with Gasteiger partial charge in [0.25, 0.3) is 5.91 Å². The van der Waals surface area contributed by atoms with Crippen LogP contribution in [0.3, 0.4) is 0 Å². The largest absolute Gasteiger partial charge is 0.478 e. The van der Waals surface area contributed by atoms with Gasteiger partial charge in [-0.2, -0.15) is 0 Å². The minimum Gasteiger partial charge on any atom is -0.478 e. The number of aromatic nitrogens is 3. The molecule has 1 amide bonds. The first-order valence-electron chi connectivity index (χ1n) is 7.21. The number of nitrogens with zero attached hydrogens (tertiary/aromatic N) is 3. The SMILES string of the molecule is CC1c2nccn2CCN1C(=O)c1cc2scc(C(=O)O)c2[nH]1. The Morgan fingerprint density at radius 3 is 3.04 bits per heavy atom. The van der Waals surface area contributed by atoms with E-state index in [9.17, 15) is 14.7 Å². The van der Waals surface area contributed by atoms with E-state index in [2.05, 4.69) is 9.97 Å². The van der Waals surface area contributed by atoms with Gasteiger partial charge in [-0.3, -0.25) is 4.79 Å². The van der Waals surface area contributed by atoms with Crippen LogP contribution in [0.5, 0.6) is 0 Å². The van der Waals surface area contributed by atoms with Gasteiger partial charge in [0.1, 0.15) is 11.5 Å². The molecule has 1 aliphatic heterocycles. The van der Waals surface area contributed by atoms with Gasteiger partial charge in [-0.05, 0) is 13.0 Å². The quantitative estimate of drug-likeness (QED) is 0.754. The first kappa shape index (κ1) is 14.0. The second-order valence-electron chi connectivity index (χ2n) is 5.53. The normalized spacial score (nSPS) is 17.4. The van der Waals surface area contributed by atoms with Crippen molar-refractivity contribution in [1.29, 1.82) is 0 Å². The molecule has 0 saturated carbocycles. The molecular formula is C15H14N4O3S. The molecule has 8 heteroatoms. The lowest BCUT2D eigenvalue weighted by Crippen LogP contribution is -2.41. The molecule has 7 nitrogen and oxygen atoms in total. The van der Waals surface area contributed by atoms with E-state index in [1.807, 2.05) is 17.7 Å². The predicted octanol–water partition coefficient (Wildman–Crippen LogP) is 2.34. The Morgan fingerprint density at radius 1 is 1.43 bits per heavy atom. The Hall–Kier alpha value is -2.61. The average molecular weight is 330 g/mol. The molecule has 0 bridgehead atoms. The highest BCUT2D eigenvalue weighted by Crippen LogP contribution is 2.29. The number of thiophene rings is 1. The van der Waals surface area contributed by atoms with Crippen LogP contribution in [-0.4, -0.2) is 43.0 Å². The molecule has 0 fully saturated rings. The lowest BCUT2D eigenvalue weighted by molar-refractivity contribution is 0.0631. The number of H-pyrrole nitrogens is 1. The van der Waals surface area contributed by atoms with Crippen LogP contribution in [0.4, 0.5) is 0 Å². The Kier molecular flexibility index (Phi) is 3.02. The highest BCUT2D eigenvalue weighted by molar-refractivity contribution is 7.17. The third-order valence-electron chi connectivity index (χ3n) is 4.25. The van der Waals surface area contributed by atoms with Crippen molar-refractivity contribution in [2.75, 3.05) is 6.54 Å². The summed E-state index contributed by atoms with van der Waals surface area (Å²) in [5.41, 5.74) is 1.13. The maximum atomic E-state index is 12.8. The number of amides is 1. The molecule has 1 unspecified atom stereocenters. The van der Waals surface area contributed by atoms with Crippen LogP contribution in [0.15, 0.2) is 23.8 Å². The van der Waals surface area contributed by atoms with Gasteiger partial charge >= 0.3 is 5.97 Å². The number of carbonyl (C=O) groups is 2. The Bertz CT molecular complexity index is 922. The number of carbonyl (C=O) groups excluding carboxylic acids is 1. The van der Waals surface area contributed by atoms with Crippen molar-refractivity contribution in [2.24, 2.45) is 0 Å². The van der Waals surface area contributed by atoms with Crippen molar-refractivity contribution < 1.29 is 14.7 Å². The van der Waals surface area contributed by atoms with E-state index in [1.165, 1.54) is 11.3 Å². The van der Waals surface area contributed by atoms with Crippen molar-refractivity contribution in [3.8, 4) is 0 Å². The van der Waals surface area contributed by atoms with Crippen LogP contribution in [0.1, 0.15) is 39.6 Å². The Morgan fingerprint density at radius 2 is 2.26 bits per heavy atom. The molecule has 4 heterocycles. The fourth-order valence-electron chi connectivity index (χ4n) is 3.04. The number of carboxylic acid groups (broad SMARTS) is 1. The average Bonchev–Trinajstić information content (AvgIpc) is 3.21. The number of aromatic carboxylic acids is 1. The summed E-state index contributed by atoms with van der Waals surface area (Å²) in [5.74, 6) is -0.263. The predicted molar refractivity (Wildman–Crippen MR) is 84.8 cm³/mol. The number of fused-ring (bicyclic) bond motifs is 2. The molecule has 4 rings (SSSR count). The molecule has 0 radical (unpaired) electrons. The topological polar surface area (TPSA) is 91.2 Å². The third kappa shape index (κ3) is 2.06. The van der Waals surface area contributed by atoms with E-state index < -0.39 is 5.97 Å². The van der Waals surface area contributed by atoms with E-state index >= 15 is 0 Å². The van der Waals surface area contributed by atoms with Gasteiger partial charge in [-0.25, -0.2) is 9.78 Å². The maximum Gasteiger partial charge on any atom is 0.338 e. The van der Waals surface area contributed by atoms with Gasteiger partial charge in [0.05, 0.1) is 21.8 Å². The van der Waals surface area contributed by atoms with Gasteiger partial charge in [0.2, 0.25) is 0 Å². The molecule has 23 heavy (non-hydrogen) atoms. The zero-order chi connectivity index (χ0) is 16.1. The number of aromatic amines is 1. The summed E-state index contributed by atoms with van der Waals surface area (Å²) in [6, 6.07) is 1.61. The first-order valence-corrected chi connectivity index (χ1v) is 8.09. The fraction of sp³-hybridized carbons (Fsp3) is 0.267. The Balaban J connectivity index is 1.68. The van der Waals surface area contributed by atoms with Gasteiger partial charge in [-0.15, -0.1) is 11.3 Å².